The van der Waals surface area contributed by atoms with Crippen LogP contribution in [0, 0.1) is 0 Å². The van der Waals surface area contributed by atoms with Gasteiger partial charge < -0.3 is 10.6 Å². The molecule has 0 saturated heterocycles. The summed E-state index contributed by atoms with van der Waals surface area (Å²) >= 11 is 3.28. The predicted molar refractivity (Wildman–Crippen MR) is 57.0 cm³/mol. The molecule has 0 fully saturated rings. The number of nitrogens with zero attached hydrogens (tertiary/aromatic N) is 1. The maximum Gasteiger partial charge on any atom is 0.106 e. The first kappa shape index (κ1) is 10.1. The quantitative estimate of drug-likeness (QED) is 0.788. The molecule has 0 radical (unpaired) electrons. The zero-order chi connectivity index (χ0) is 9.68. The van der Waals surface area contributed by atoms with Gasteiger partial charge in [0.1, 0.15) is 4.60 Å². The molecule has 0 spiro atoms. The van der Waals surface area contributed by atoms with Crippen molar-refractivity contribution in [1.82, 2.24) is 15.6 Å². The van der Waals surface area contributed by atoms with Gasteiger partial charge in [-0.05, 0) is 27.6 Å². The lowest BCUT2D eigenvalue weighted by Gasteiger charge is -2.07. The summed E-state index contributed by atoms with van der Waals surface area (Å²) in [7, 11) is 1.83. The number of hydrogen-bond donors (Lipinski definition) is 2. The molecule has 0 saturated carbocycles. The number of rotatable bonds is 4. The third-order valence-electron chi connectivity index (χ3n) is 1.60. The lowest BCUT2D eigenvalue weighted by molar-refractivity contribution is 0.739. The van der Waals surface area contributed by atoms with E-state index in [1.54, 1.807) is 0 Å². The second-order valence-corrected chi connectivity index (χ2v) is 3.38. The van der Waals surface area contributed by atoms with Gasteiger partial charge >= 0.3 is 0 Å². The van der Waals surface area contributed by atoms with Gasteiger partial charge in [0.15, 0.2) is 0 Å². The average Bonchev–Trinajstić information content (AvgIpc) is 2.16. The molecule has 2 N–H and O–H groups in total. The summed E-state index contributed by atoms with van der Waals surface area (Å²) in [4.78, 5) is 4.11. The Balaban J connectivity index is 2.46. The van der Waals surface area contributed by atoms with Crippen molar-refractivity contribution in [2.24, 2.45) is 0 Å². The second-order valence-electron chi connectivity index (χ2n) is 2.57. The van der Waals surface area contributed by atoms with Gasteiger partial charge in [0, 0.05) is 19.8 Å². The molecule has 1 rings (SSSR count). The highest BCUT2D eigenvalue weighted by Crippen LogP contribution is 2.05. The maximum absolute atomic E-state index is 4.11. The van der Waals surface area contributed by atoms with Crippen molar-refractivity contribution in [3.05, 3.63) is 40.9 Å². The summed E-state index contributed by atoms with van der Waals surface area (Å²) in [6.45, 7) is 4.49. The molecular weight excluding hydrogens is 230 g/mol. The minimum absolute atomic E-state index is 0.736. The molecule has 70 valence electrons. The molecule has 1 aromatic rings. The summed E-state index contributed by atoms with van der Waals surface area (Å²) in [6, 6.07) is 3.92. The first-order valence-corrected chi connectivity index (χ1v) is 4.72. The Labute approximate surface area is 86.4 Å². The van der Waals surface area contributed by atoms with Crippen LogP contribution in [0.4, 0.5) is 0 Å². The summed E-state index contributed by atoms with van der Waals surface area (Å²) < 4.78 is 0.851. The fourth-order valence-electron chi connectivity index (χ4n) is 0.808. The van der Waals surface area contributed by atoms with Crippen molar-refractivity contribution in [2.45, 2.75) is 6.54 Å². The summed E-state index contributed by atoms with van der Waals surface area (Å²) in [5, 5.41) is 6.02. The Morgan fingerprint density at radius 2 is 2.38 bits per heavy atom. The van der Waals surface area contributed by atoms with Crippen molar-refractivity contribution in [3.8, 4) is 0 Å². The van der Waals surface area contributed by atoms with E-state index in [0.717, 1.165) is 22.5 Å². The van der Waals surface area contributed by atoms with Crippen LogP contribution >= 0.6 is 15.9 Å². The van der Waals surface area contributed by atoms with Crippen molar-refractivity contribution < 1.29 is 0 Å². The van der Waals surface area contributed by atoms with Crippen molar-refractivity contribution in [3.63, 3.8) is 0 Å². The number of halogens is 1. The Bertz CT molecular complexity index is 281. The highest BCUT2D eigenvalue weighted by Gasteiger charge is 1.93. The average molecular weight is 242 g/mol. The fraction of sp³-hybridized carbons (Fsp3) is 0.222. The molecule has 0 aliphatic heterocycles. The molecule has 1 aromatic heterocycles. The standard InChI is InChI=1S/C9H12BrN3/c1-7(11-2)12-5-8-3-4-9(10)13-6-8/h3-4,6,11-12H,1,5H2,2H3. The third kappa shape index (κ3) is 3.46. The first-order valence-electron chi connectivity index (χ1n) is 3.93. The topological polar surface area (TPSA) is 37.0 Å². The highest BCUT2D eigenvalue weighted by molar-refractivity contribution is 9.10. The molecular formula is C9H12BrN3. The highest BCUT2D eigenvalue weighted by atomic mass is 79.9. The van der Waals surface area contributed by atoms with Crippen LogP contribution in [0.25, 0.3) is 0 Å². The van der Waals surface area contributed by atoms with E-state index in [2.05, 4.69) is 38.1 Å². The van der Waals surface area contributed by atoms with Crippen LogP contribution in [0.15, 0.2) is 35.3 Å². The Morgan fingerprint density at radius 3 is 2.92 bits per heavy atom. The van der Waals surface area contributed by atoms with Gasteiger partial charge in [0.2, 0.25) is 0 Å². The van der Waals surface area contributed by atoms with Crippen molar-refractivity contribution >= 4 is 15.9 Å². The molecule has 0 atom stereocenters. The molecule has 0 unspecified atom stereocenters. The lowest BCUT2D eigenvalue weighted by atomic mass is 10.3. The SMILES string of the molecule is C=C(NC)NCc1ccc(Br)nc1. The number of aromatic nitrogens is 1. The van der Waals surface area contributed by atoms with E-state index >= 15 is 0 Å². The minimum Gasteiger partial charge on any atom is -0.375 e. The molecule has 3 nitrogen and oxygen atoms in total. The monoisotopic (exact) mass is 241 g/mol. The molecule has 0 aliphatic rings. The van der Waals surface area contributed by atoms with Crippen LogP contribution < -0.4 is 10.6 Å². The van der Waals surface area contributed by atoms with E-state index in [0.29, 0.717) is 0 Å². The minimum atomic E-state index is 0.736. The fourth-order valence-corrected chi connectivity index (χ4v) is 1.04. The zero-order valence-electron chi connectivity index (χ0n) is 7.47. The van der Waals surface area contributed by atoms with Crippen LogP contribution in [0.5, 0.6) is 0 Å². The number of hydrogen-bond acceptors (Lipinski definition) is 3. The van der Waals surface area contributed by atoms with Gasteiger partial charge in [-0.2, -0.15) is 0 Å². The van der Waals surface area contributed by atoms with E-state index in [4.69, 9.17) is 0 Å². The van der Waals surface area contributed by atoms with E-state index in [-0.39, 0.29) is 0 Å². The number of nitrogens with one attached hydrogen (secondary N) is 2. The van der Waals surface area contributed by atoms with E-state index < -0.39 is 0 Å². The normalized spacial score (nSPS) is 9.38. The molecule has 0 bridgehead atoms. The van der Waals surface area contributed by atoms with Gasteiger partial charge in [-0.25, -0.2) is 4.98 Å². The molecule has 0 aliphatic carbocycles. The molecule has 13 heavy (non-hydrogen) atoms. The van der Waals surface area contributed by atoms with Gasteiger partial charge in [-0.3, -0.25) is 0 Å². The number of pyridine rings is 1. The zero-order valence-corrected chi connectivity index (χ0v) is 9.06. The van der Waals surface area contributed by atoms with Gasteiger partial charge in [-0.1, -0.05) is 12.6 Å². The first-order chi connectivity index (χ1) is 6.22. The molecule has 4 heteroatoms. The molecule has 0 aromatic carbocycles. The van der Waals surface area contributed by atoms with Crippen molar-refractivity contribution in [2.75, 3.05) is 7.05 Å². The Kier molecular flexibility index (Phi) is 3.76. The van der Waals surface area contributed by atoms with Crippen LogP contribution in [0.1, 0.15) is 5.56 Å². The van der Waals surface area contributed by atoms with Crippen LogP contribution in [-0.4, -0.2) is 12.0 Å². The third-order valence-corrected chi connectivity index (χ3v) is 2.07. The maximum atomic E-state index is 4.11. The van der Waals surface area contributed by atoms with E-state index in [1.165, 1.54) is 0 Å². The van der Waals surface area contributed by atoms with Gasteiger partial charge in [0.25, 0.3) is 0 Å². The second kappa shape index (κ2) is 4.87. The van der Waals surface area contributed by atoms with Gasteiger partial charge in [-0.15, -0.1) is 0 Å². The van der Waals surface area contributed by atoms with E-state index in [1.807, 2.05) is 25.4 Å². The van der Waals surface area contributed by atoms with E-state index in [9.17, 15) is 0 Å². The summed E-state index contributed by atoms with van der Waals surface area (Å²) in [6.07, 6.45) is 1.82. The molecule has 0 amide bonds. The lowest BCUT2D eigenvalue weighted by Crippen LogP contribution is -2.21. The predicted octanol–water partition coefficient (Wildman–Crippen LogP) is 1.62. The summed E-state index contributed by atoms with van der Waals surface area (Å²) in [5.74, 6) is 0.808. The van der Waals surface area contributed by atoms with Crippen LogP contribution in [0.2, 0.25) is 0 Å². The smallest absolute Gasteiger partial charge is 0.106 e. The Morgan fingerprint density at radius 1 is 1.62 bits per heavy atom. The van der Waals surface area contributed by atoms with Crippen molar-refractivity contribution in [1.29, 1.82) is 0 Å². The van der Waals surface area contributed by atoms with Crippen LogP contribution in [0.3, 0.4) is 0 Å². The van der Waals surface area contributed by atoms with Gasteiger partial charge in [0.05, 0.1) is 5.82 Å². The van der Waals surface area contributed by atoms with Crippen LogP contribution in [-0.2, 0) is 6.54 Å². The Hall–Kier alpha value is -1.03. The molecule has 1 heterocycles. The summed E-state index contributed by atoms with van der Waals surface area (Å²) in [5.41, 5.74) is 1.12. The largest absolute Gasteiger partial charge is 0.375 e.